The highest BCUT2D eigenvalue weighted by atomic mass is 19.4. The molecule has 0 saturated heterocycles. The van der Waals surface area contributed by atoms with E-state index >= 15 is 0 Å². The number of Topliss-reactive ketones (excluding diaryl/α,β-unsaturated/α-hetero) is 2. The number of allylic oxidation sites excluding steroid dienone is 2. The molecule has 0 aliphatic heterocycles. The molecule has 0 aromatic carbocycles. The van der Waals surface area contributed by atoms with E-state index in [2.05, 4.69) is 46.0 Å². The molecule has 226 valence electrons. The van der Waals surface area contributed by atoms with Crippen LogP contribution in [0.2, 0.25) is 0 Å². The Kier molecular flexibility index (Phi) is 6.59. The van der Waals surface area contributed by atoms with Gasteiger partial charge >= 0.3 is 12.1 Å². The van der Waals surface area contributed by atoms with Crippen molar-refractivity contribution in [3.8, 4) is 6.07 Å². The summed E-state index contributed by atoms with van der Waals surface area (Å²) in [6, 6.07) is 2.15. The molecule has 8 atom stereocenters. The van der Waals surface area contributed by atoms with E-state index in [9.17, 15) is 32.8 Å². The number of hydrogen-bond donors (Lipinski definition) is 1. The first-order valence-corrected chi connectivity index (χ1v) is 15.2. The Labute approximate surface area is 242 Å². The van der Waals surface area contributed by atoms with Crippen LogP contribution < -0.4 is 5.32 Å². The normalized spacial score (nSPS) is 44.8. The number of nitrogens with one attached hydrogen (secondary N) is 1. The fraction of sp³-hybridized carbons (Fsp3) is 0.818. The summed E-state index contributed by atoms with van der Waals surface area (Å²) in [6.45, 7) is 14.9. The van der Waals surface area contributed by atoms with Crippen LogP contribution in [0.5, 0.6) is 0 Å². The van der Waals surface area contributed by atoms with Gasteiger partial charge in [-0.3, -0.25) is 14.4 Å². The molecule has 4 unspecified atom stereocenters. The Balaban J connectivity index is 1.57. The number of hydrogen-bond acceptors (Lipinski definition) is 4. The zero-order valence-corrected chi connectivity index (χ0v) is 25.6. The highest BCUT2D eigenvalue weighted by molar-refractivity contribution is 6.04. The Hall–Kier alpha value is -2.17. The molecule has 41 heavy (non-hydrogen) atoms. The highest BCUT2D eigenvalue weighted by Gasteiger charge is 2.72. The van der Waals surface area contributed by atoms with Crippen molar-refractivity contribution >= 4 is 17.5 Å². The molecule has 0 spiro atoms. The van der Waals surface area contributed by atoms with Crippen molar-refractivity contribution < 1.29 is 27.6 Å². The number of ketones is 2. The molecule has 1 amide bonds. The highest BCUT2D eigenvalue weighted by Crippen LogP contribution is 2.75. The lowest BCUT2D eigenvalue weighted by Crippen LogP contribution is -2.69. The van der Waals surface area contributed by atoms with E-state index in [1.165, 1.54) is 0 Å². The first-order chi connectivity index (χ1) is 18.7. The van der Waals surface area contributed by atoms with Gasteiger partial charge < -0.3 is 5.32 Å². The molecular weight excluding hydrogens is 529 g/mol. The van der Waals surface area contributed by atoms with Crippen molar-refractivity contribution in [1.82, 2.24) is 5.32 Å². The molecule has 8 heteroatoms. The third-order valence-electron chi connectivity index (χ3n) is 13.5. The molecule has 0 aromatic heterocycles. The summed E-state index contributed by atoms with van der Waals surface area (Å²) in [4.78, 5) is 39.6. The van der Waals surface area contributed by atoms with Crippen LogP contribution in [0.3, 0.4) is 0 Å². The second-order valence-electron chi connectivity index (χ2n) is 16.2. The fourth-order valence-corrected chi connectivity index (χ4v) is 11.1. The lowest BCUT2D eigenvalue weighted by molar-refractivity contribution is -0.222. The first-order valence-electron chi connectivity index (χ1n) is 15.2. The van der Waals surface area contributed by atoms with Crippen LogP contribution in [0.15, 0.2) is 11.6 Å². The zero-order valence-electron chi connectivity index (χ0n) is 25.6. The van der Waals surface area contributed by atoms with Crippen LogP contribution in [-0.2, 0) is 14.4 Å². The Bertz CT molecular complexity index is 1260. The van der Waals surface area contributed by atoms with Crippen molar-refractivity contribution in [3.05, 3.63) is 11.6 Å². The second-order valence-corrected chi connectivity index (χ2v) is 16.2. The summed E-state index contributed by atoms with van der Waals surface area (Å²) >= 11 is 0. The predicted molar refractivity (Wildman–Crippen MR) is 148 cm³/mol. The van der Waals surface area contributed by atoms with Gasteiger partial charge in [-0.2, -0.15) is 18.4 Å². The first kappa shape index (κ1) is 30.3. The summed E-state index contributed by atoms with van der Waals surface area (Å²) < 4.78 is 39.5. The Morgan fingerprint density at radius 1 is 0.976 bits per heavy atom. The molecule has 0 heterocycles. The van der Waals surface area contributed by atoms with Crippen molar-refractivity contribution in [2.75, 3.05) is 6.54 Å². The van der Waals surface area contributed by atoms with Crippen LogP contribution in [0.1, 0.15) is 99.8 Å². The van der Waals surface area contributed by atoms with E-state index in [1.54, 1.807) is 0 Å². The molecule has 4 fully saturated rings. The smallest absolute Gasteiger partial charge is 0.348 e. The van der Waals surface area contributed by atoms with Gasteiger partial charge in [-0.15, -0.1) is 0 Å². The summed E-state index contributed by atoms with van der Waals surface area (Å²) in [5, 5.41) is 12.1. The molecule has 0 radical (unpaired) electrons. The summed E-state index contributed by atoms with van der Waals surface area (Å²) in [5.41, 5.74) is -2.26. The maximum atomic E-state index is 14.5. The minimum absolute atomic E-state index is 0.0134. The number of halogens is 3. The topological polar surface area (TPSA) is 87.0 Å². The van der Waals surface area contributed by atoms with Crippen molar-refractivity contribution in [1.29, 1.82) is 5.26 Å². The van der Waals surface area contributed by atoms with E-state index < -0.39 is 28.3 Å². The molecule has 5 aliphatic carbocycles. The number of nitrogens with zero attached hydrogens (tertiary/aromatic N) is 1. The van der Waals surface area contributed by atoms with Crippen LogP contribution in [0.25, 0.3) is 0 Å². The van der Waals surface area contributed by atoms with E-state index in [0.717, 1.165) is 25.7 Å². The van der Waals surface area contributed by atoms with Gasteiger partial charge in [-0.25, -0.2) is 0 Å². The maximum absolute atomic E-state index is 14.5. The third kappa shape index (κ3) is 4.10. The number of rotatable bonds is 2. The zero-order chi connectivity index (χ0) is 30.6. The number of fused-ring (bicyclic) bond motifs is 7. The van der Waals surface area contributed by atoms with Gasteiger partial charge in [0.05, 0.1) is 5.57 Å². The van der Waals surface area contributed by atoms with Gasteiger partial charge in [0.25, 0.3) is 0 Å². The summed E-state index contributed by atoms with van der Waals surface area (Å²) in [7, 11) is 0. The molecule has 5 aliphatic rings. The quantitative estimate of drug-likeness (QED) is 0.386. The van der Waals surface area contributed by atoms with Gasteiger partial charge in [-0.1, -0.05) is 54.5 Å². The fourth-order valence-electron chi connectivity index (χ4n) is 11.1. The number of carbonyl (C=O) groups is 3. The third-order valence-corrected chi connectivity index (χ3v) is 13.5. The standard InChI is InChI=1S/C33H45F3N2O3/c1-27(2)10-12-32(18-38-26(41)33(34,35)36)13-11-31(7)24(20(32)16-27)21(39)14-23-29(5)15-19(17-37)25(40)28(3,4)22(29)8-9-30(23,31)6/h15,20,22-24H,8-14,16,18H2,1-7H3,(H,38,41)/t20?,22?,23-,24?,29+,30-,31-,32?/m1/s1. The minimum Gasteiger partial charge on any atom is -0.348 e. The van der Waals surface area contributed by atoms with Crippen molar-refractivity contribution in [2.45, 2.75) is 106 Å². The van der Waals surface area contributed by atoms with Gasteiger partial charge in [0.1, 0.15) is 11.9 Å². The van der Waals surface area contributed by atoms with E-state index in [0.29, 0.717) is 25.7 Å². The maximum Gasteiger partial charge on any atom is 0.471 e. The Morgan fingerprint density at radius 2 is 1.61 bits per heavy atom. The average molecular weight is 575 g/mol. The minimum atomic E-state index is -4.94. The van der Waals surface area contributed by atoms with E-state index in [-0.39, 0.29) is 63.6 Å². The SMILES string of the molecule is CC1(C)CCC2(CNC(=O)C(F)(F)F)CC[C@]3(C)C(C(=O)C[C@@H]4[C@@]5(C)C=C(C#N)C(=O)C(C)(C)C5CC[C@]43C)C2C1. The summed E-state index contributed by atoms with van der Waals surface area (Å²) in [5.74, 6) is -2.34. The predicted octanol–water partition coefficient (Wildman–Crippen LogP) is 6.96. The number of nitriles is 1. The number of amides is 1. The largest absolute Gasteiger partial charge is 0.471 e. The van der Waals surface area contributed by atoms with Gasteiger partial charge in [0.15, 0.2) is 5.78 Å². The summed E-state index contributed by atoms with van der Waals surface area (Å²) in [6.07, 6.45) is 2.59. The van der Waals surface area contributed by atoms with Gasteiger partial charge in [0.2, 0.25) is 0 Å². The molecule has 5 nitrogen and oxygen atoms in total. The molecule has 5 rings (SSSR count). The second kappa shape index (κ2) is 8.92. The molecular formula is C33H45F3N2O3. The molecule has 0 bridgehead atoms. The average Bonchev–Trinajstić information content (AvgIpc) is 2.86. The number of alkyl halides is 3. The van der Waals surface area contributed by atoms with Gasteiger partial charge in [-0.05, 0) is 89.8 Å². The molecule has 1 N–H and O–H groups in total. The van der Waals surface area contributed by atoms with Crippen LogP contribution in [0, 0.1) is 67.5 Å². The van der Waals surface area contributed by atoms with E-state index in [4.69, 9.17) is 0 Å². The lowest BCUT2D eigenvalue weighted by atomic mass is 9.31. The van der Waals surface area contributed by atoms with E-state index in [1.807, 2.05) is 19.9 Å². The molecule has 4 saturated carbocycles. The van der Waals surface area contributed by atoms with Crippen molar-refractivity contribution in [3.63, 3.8) is 0 Å². The Morgan fingerprint density at radius 3 is 2.22 bits per heavy atom. The lowest BCUT2D eigenvalue weighted by Gasteiger charge is -2.72. The van der Waals surface area contributed by atoms with Crippen LogP contribution in [-0.4, -0.2) is 30.2 Å². The van der Waals surface area contributed by atoms with Gasteiger partial charge in [0, 0.05) is 24.3 Å². The van der Waals surface area contributed by atoms with Crippen LogP contribution in [0.4, 0.5) is 13.2 Å². The molecule has 0 aromatic rings. The number of carbonyl (C=O) groups excluding carboxylic acids is 3. The van der Waals surface area contributed by atoms with Crippen LogP contribution >= 0.6 is 0 Å². The monoisotopic (exact) mass is 574 g/mol. The van der Waals surface area contributed by atoms with Crippen molar-refractivity contribution in [2.24, 2.45) is 56.2 Å².